The van der Waals surface area contributed by atoms with Crippen LogP contribution in [0.5, 0.6) is 5.75 Å². The lowest BCUT2D eigenvalue weighted by atomic mass is 10.1. The highest BCUT2D eigenvalue weighted by Gasteiger charge is 2.20. The highest BCUT2D eigenvalue weighted by Crippen LogP contribution is 2.29. The number of pyridine rings is 1. The number of benzene rings is 2. The number of nitrogens with one attached hydrogen (secondary N) is 1. The van der Waals surface area contributed by atoms with Gasteiger partial charge in [0.2, 0.25) is 0 Å². The fraction of sp³-hybridized carbons (Fsp3) is 0.261. The number of H-pyrrole nitrogens is 1. The third-order valence-corrected chi connectivity index (χ3v) is 5.63. The second-order valence-corrected chi connectivity index (χ2v) is 7.33. The molecule has 2 aromatic carbocycles. The quantitative estimate of drug-likeness (QED) is 0.587. The molecule has 5 nitrogen and oxygen atoms in total. The summed E-state index contributed by atoms with van der Waals surface area (Å²) in [5, 5.41) is 2.52. The van der Waals surface area contributed by atoms with Crippen molar-refractivity contribution in [2.45, 2.75) is 6.54 Å². The number of aromatic amines is 1. The molecule has 1 fully saturated rings. The van der Waals surface area contributed by atoms with Crippen LogP contribution in [-0.4, -0.2) is 48.2 Å². The molecule has 0 spiro atoms. The zero-order valence-corrected chi connectivity index (χ0v) is 16.1. The van der Waals surface area contributed by atoms with E-state index in [1.165, 1.54) is 22.0 Å². The molecule has 3 heterocycles. The number of piperazine rings is 1. The van der Waals surface area contributed by atoms with Gasteiger partial charge in [-0.15, -0.1) is 0 Å². The van der Waals surface area contributed by atoms with Crippen molar-refractivity contribution in [3.05, 3.63) is 66.5 Å². The average molecular weight is 372 g/mol. The molecule has 1 saturated heterocycles. The molecular formula is C23H24N4O. The molecule has 5 rings (SSSR count). The smallest absolute Gasteiger partial charge is 0.142 e. The maximum absolute atomic E-state index is 5.52. The number of methoxy groups -OCH3 is 1. The summed E-state index contributed by atoms with van der Waals surface area (Å²) in [7, 11) is 1.74. The largest absolute Gasteiger partial charge is 0.495 e. The van der Waals surface area contributed by atoms with Gasteiger partial charge in [0.15, 0.2) is 0 Å². The Balaban J connectivity index is 1.30. The van der Waals surface area contributed by atoms with Crippen LogP contribution in [-0.2, 0) is 6.54 Å². The van der Waals surface area contributed by atoms with Crippen molar-refractivity contribution in [3.8, 4) is 5.75 Å². The van der Waals surface area contributed by atoms with Crippen molar-refractivity contribution in [1.29, 1.82) is 0 Å². The van der Waals surface area contributed by atoms with Gasteiger partial charge in [0, 0.05) is 49.0 Å². The number of hydrogen-bond acceptors (Lipinski definition) is 4. The second-order valence-electron chi connectivity index (χ2n) is 7.33. The van der Waals surface area contributed by atoms with Crippen LogP contribution >= 0.6 is 0 Å². The number of rotatable bonds is 4. The molecule has 142 valence electrons. The standard InChI is InChI=1S/C23H24N4O/c1-28-23-9-5-4-8-22(23)27-12-10-26(11-13-27)16-17-14-19-18-6-2-3-7-20(18)25-21(19)15-24-17/h2-9,14-15,25H,10-13,16H2,1H3. The average Bonchev–Trinajstić information content (AvgIpc) is 3.12. The van der Waals surface area contributed by atoms with Gasteiger partial charge in [-0.05, 0) is 24.3 Å². The highest BCUT2D eigenvalue weighted by molar-refractivity contribution is 6.06. The summed E-state index contributed by atoms with van der Waals surface area (Å²) in [6.45, 7) is 4.91. The first kappa shape index (κ1) is 17.1. The first-order chi connectivity index (χ1) is 13.8. The Morgan fingerprint density at radius 1 is 0.929 bits per heavy atom. The van der Waals surface area contributed by atoms with Crippen molar-refractivity contribution < 1.29 is 4.74 Å². The Bertz CT molecular complexity index is 1110. The number of fused-ring (bicyclic) bond motifs is 3. The Labute approximate surface area is 164 Å². The fourth-order valence-electron chi connectivity index (χ4n) is 4.15. The van der Waals surface area contributed by atoms with Gasteiger partial charge < -0.3 is 14.6 Å². The number of para-hydroxylation sites is 3. The summed E-state index contributed by atoms with van der Waals surface area (Å²) in [6, 6.07) is 18.9. The molecular weight excluding hydrogens is 348 g/mol. The Kier molecular flexibility index (Phi) is 4.37. The van der Waals surface area contributed by atoms with Gasteiger partial charge in [-0.3, -0.25) is 9.88 Å². The Morgan fingerprint density at radius 2 is 1.71 bits per heavy atom. The van der Waals surface area contributed by atoms with E-state index < -0.39 is 0 Å². The van der Waals surface area contributed by atoms with E-state index in [0.29, 0.717) is 0 Å². The van der Waals surface area contributed by atoms with Crippen molar-refractivity contribution in [2.24, 2.45) is 0 Å². The Hall–Kier alpha value is -3.05. The molecule has 0 unspecified atom stereocenters. The van der Waals surface area contributed by atoms with Crippen molar-refractivity contribution in [1.82, 2.24) is 14.9 Å². The third kappa shape index (κ3) is 3.08. The van der Waals surface area contributed by atoms with Gasteiger partial charge in [0.1, 0.15) is 5.75 Å². The summed E-state index contributed by atoms with van der Waals surface area (Å²) < 4.78 is 5.52. The van der Waals surface area contributed by atoms with Crippen LogP contribution in [0.4, 0.5) is 5.69 Å². The lowest BCUT2D eigenvalue weighted by molar-refractivity contribution is 0.246. The minimum atomic E-state index is 0.884. The first-order valence-electron chi connectivity index (χ1n) is 9.77. The zero-order chi connectivity index (χ0) is 18.9. The van der Waals surface area contributed by atoms with Crippen LogP contribution in [0.25, 0.3) is 21.8 Å². The van der Waals surface area contributed by atoms with E-state index in [0.717, 1.165) is 49.7 Å². The molecule has 0 amide bonds. The molecule has 1 aliphatic heterocycles. The number of aromatic nitrogens is 2. The molecule has 0 atom stereocenters. The predicted octanol–water partition coefficient (Wildman–Crippen LogP) is 4.05. The molecule has 2 aromatic heterocycles. The van der Waals surface area contributed by atoms with Gasteiger partial charge in [-0.1, -0.05) is 30.3 Å². The van der Waals surface area contributed by atoms with Gasteiger partial charge in [0.05, 0.1) is 30.2 Å². The van der Waals surface area contributed by atoms with E-state index in [-0.39, 0.29) is 0 Å². The molecule has 28 heavy (non-hydrogen) atoms. The van der Waals surface area contributed by atoms with E-state index in [2.05, 4.69) is 57.2 Å². The lowest BCUT2D eigenvalue weighted by Crippen LogP contribution is -2.46. The first-order valence-corrected chi connectivity index (χ1v) is 9.77. The third-order valence-electron chi connectivity index (χ3n) is 5.63. The number of hydrogen-bond donors (Lipinski definition) is 1. The SMILES string of the molecule is COc1ccccc1N1CCN(Cc2cc3c(cn2)[nH]c2ccccc23)CC1. The van der Waals surface area contributed by atoms with E-state index in [1.807, 2.05) is 18.3 Å². The van der Waals surface area contributed by atoms with Gasteiger partial charge in [-0.25, -0.2) is 0 Å². The lowest BCUT2D eigenvalue weighted by Gasteiger charge is -2.36. The summed E-state index contributed by atoms with van der Waals surface area (Å²) >= 11 is 0. The summed E-state index contributed by atoms with van der Waals surface area (Å²) in [4.78, 5) is 13.0. The van der Waals surface area contributed by atoms with Gasteiger partial charge in [0.25, 0.3) is 0 Å². The van der Waals surface area contributed by atoms with Gasteiger partial charge >= 0.3 is 0 Å². The van der Waals surface area contributed by atoms with Gasteiger partial charge in [-0.2, -0.15) is 0 Å². The monoisotopic (exact) mass is 372 g/mol. The summed E-state index contributed by atoms with van der Waals surface area (Å²) in [6.07, 6.45) is 1.97. The van der Waals surface area contributed by atoms with E-state index >= 15 is 0 Å². The van der Waals surface area contributed by atoms with Crippen LogP contribution in [0.3, 0.4) is 0 Å². The number of nitrogens with zero attached hydrogens (tertiary/aromatic N) is 3. The second kappa shape index (κ2) is 7.17. The highest BCUT2D eigenvalue weighted by atomic mass is 16.5. The molecule has 0 bridgehead atoms. The van der Waals surface area contributed by atoms with Crippen LogP contribution < -0.4 is 9.64 Å². The molecule has 4 aromatic rings. The molecule has 1 N–H and O–H groups in total. The minimum absolute atomic E-state index is 0.884. The van der Waals surface area contributed by atoms with Crippen LogP contribution in [0, 0.1) is 0 Å². The van der Waals surface area contributed by atoms with Crippen LogP contribution in [0.1, 0.15) is 5.69 Å². The van der Waals surface area contributed by atoms with Crippen LogP contribution in [0.15, 0.2) is 60.8 Å². The fourth-order valence-corrected chi connectivity index (χ4v) is 4.15. The summed E-state index contributed by atoms with van der Waals surface area (Å²) in [5.41, 5.74) is 4.58. The van der Waals surface area contributed by atoms with Crippen molar-refractivity contribution in [3.63, 3.8) is 0 Å². The summed E-state index contributed by atoms with van der Waals surface area (Å²) in [5.74, 6) is 0.947. The molecule has 5 heteroatoms. The maximum atomic E-state index is 5.52. The van der Waals surface area contributed by atoms with E-state index in [1.54, 1.807) is 7.11 Å². The van der Waals surface area contributed by atoms with Crippen molar-refractivity contribution >= 4 is 27.5 Å². The Morgan fingerprint density at radius 3 is 2.57 bits per heavy atom. The minimum Gasteiger partial charge on any atom is -0.495 e. The predicted molar refractivity (Wildman–Crippen MR) is 114 cm³/mol. The normalized spacial score (nSPS) is 15.4. The number of anilines is 1. The molecule has 1 aliphatic rings. The molecule has 0 aliphatic carbocycles. The van der Waals surface area contributed by atoms with Crippen molar-refractivity contribution in [2.75, 3.05) is 38.2 Å². The zero-order valence-electron chi connectivity index (χ0n) is 16.1. The van der Waals surface area contributed by atoms with Crippen LogP contribution in [0.2, 0.25) is 0 Å². The number of ether oxygens (including phenoxy) is 1. The topological polar surface area (TPSA) is 44.4 Å². The van der Waals surface area contributed by atoms with E-state index in [4.69, 9.17) is 9.72 Å². The maximum Gasteiger partial charge on any atom is 0.142 e. The molecule has 0 radical (unpaired) electrons. The van der Waals surface area contributed by atoms with E-state index in [9.17, 15) is 0 Å². The molecule has 0 saturated carbocycles.